The lowest BCUT2D eigenvalue weighted by Gasteiger charge is -2.23. The summed E-state index contributed by atoms with van der Waals surface area (Å²) in [4.78, 5) is 39.2. The highest BCUT2D eigenvalue weighted by Gasteiger charge is 2.24. The highest BCUT2D eigenvalue weighted by atomic mass is 32.2. The monoisotopic (exact) mass is 397 g/mol. The Hall–Kier alpha value is -2.80. The van der Waals surface area contributed by atoms with Crippen molar-refractivity contribution in [2.75, 3.05) is 24.2 Å². The number of rotatable bonds is 4. The van der Waals surface area contributed by atoms with Gasteiger partial charge in [-0.25, -0.2) is 0 Å². The number of likely N-dealkylation sites (N-methyl/N-ethyl adjacent to an activating group) is 1. The van der Waals surface area contributed by atoms with Crippen molar-refractivity contribution in [3.8, 4) is 0 Å². The van der Waals surface area contributed by atoms with Crippen molar-refractivity contribution >= 4 is 40.9 Å². The minimum Gasteiger partial charge on any atom is -0.332 e. The highest BCUT2D eigenvalue weighted by Crippen LogP contribution is 2.36. The van der Waals surface area contributed by atoms with Crippen molar-refractivity contribution in [2.24, 2.45) is 0 Å². The number of aryl methyl sites for hydroxylation is 1. The van der Waals surface area contributed by atoms with E-state index in [0.29, 0.717) is 11.3 Å². The fourth-order valence-electron chi connectivity index (χ4n) is 2.93. The molecular formula is C21H23N3O3S. The molecule has 28 heavy (non-hydrogen) atoms. The Morgan fingerprint density at radius 3 is 2.71 bits per heavy atom. The van der Waals surface area contributed by atoms with E-state index >= 15 is 0 Å². The van der Waals surface area contributed by atoms with Crippen LogP contribution in [0, 0.1) is 13.8 Å². The minimum absolute atomic E-state index is 0.0680. The normalized spacial score (nSPS) is 15.4. The first kappa shape index (κ1) is 19.9. The van der Waals surface area contributed by atoms with Gasteiger partial charge in [0.2, 0.25) is 11.8 Å². The molecule has 0 aliphatic carbocycles. The lowest BCUT2D eigenvalue weighted by Crippen LogP contribution is -2.35. The van der Waals surface area contributed by atoms with Crippen LogP contribution >= 0.6 is 11.8 Å². The summed E-state index contributed by atoms with van der Waals surface area (Å²) >= 11 is 1.46. The Morgan fingerprint density at radius 1 is 1.21 bits per heavy atom. The average molecular weight is 398 g/mol. The maximum absolute atomic E-state index is 12.7. The molecule has 0 fully saturated rings. The average Bonchev–Trinajstić information content (AvgIpc) is 2.65. The molecule has 2 aromatic rings. The number of amides is 3. The third-order valence-electron chi connectivity index (χ3n) is 4.76. The molecule has 6 nitrogen and oxygen atoms in total. The van der Waals surface area contributed by atoms with Gasteiger partial charge < -0.3 is 15.5 Å². The summed E-state index contributed by atoms with van der Waals surface area (Å²) in [5, 5.41) is 5.51. The van der Waals surface area contributed by atoms with E-state index in [1.54, 1.807) is 19.2 Å². The summed E-state index contributed by atoms with van der Waals surface area (Å²) in [5.41, 5.74) is 3.89. The fraction of sp³-hybridized carbons (Fsp3) is 0.286. The number of nitrogens with one attached hydrogen (secondary N) is 2. The van der Waals surface area contributed by atoms with E-state index in [0.717, 1.165) is 21.7 Å². The van der Waals surface area contributed by atoms with Crippen LogP contribution in [-0.2, 0) is 9.59 Å². The first-order valence-electron chi connectivity index (χ1n) is 8.99. The third-order valence-corrected chi connectivity index (χ3v) is 5.94. The highest BCUT2D eigenvalue weighted by molar-refractivity contribution is 8.00. The number of thioether (sulfide) groups is 1. The van der Waals surface area contributed by atoms with Crippen LogP contribution in [0.4, 0.5) is 11.4 Å². The van der Waals surface area contributed by atoms with Gasteiger partial charge in [0.1, 0.15) is 0 Å². The molecule has 0 aromatic heterocycles. The van der Waals surface area contributed by atoms with E-state index in [1.165, 1.54) is 16.7 Å². The van der Waals surface area contributed by atoms with Crippen molar-refractivity contribution < 1.29 is 14.4 Å². The van der Waals surface area contributed by atoms with E-state index < -0.39 is 0 Å². The zero-order chi connectivity index (χ0) is 20.4. The Bertz CT molecular complexity index is 958. The molecule has 1 heterocycles. The molecule has 0 unspecified atom stereocenters. The number of carbonyl (C=O) groups is 3. The number of benzene rings is 2. The summed E-state index contributed by atoms with van der Waals surface area (Å²) in [5.74, 6) is -0.625. The molecule has 1 atom stereocenters. The molecular weight excluding hydrogens is 374 g/mol. The molecule has 0 saturated carbocycles. The maximum Gasteiger partial charge on any atom is 0.254 e. The first-order chi connectivity index (χ1) is 13.3. The van der Waals surface area contributed by atoms with Crippen LogP contribution in [0.1, 0.15) is 28.4 Å². The second kappa shape index (κ2) is 8.06. The van der Waals surface area contributed by atoms with Crippen molar-refractivity contribution in [1.82, 2.24) is 4.90 Å². The Morgan fingerprint density at radius 2 is 1.96 bits per heavy atom. The number of carbonyl (C=O) groups excluding carboxylic acids is 3. The van der Waals surface area contributed by atoms with Crippen molar-refractivity contribution in [3.05, 3.63) is 53.1 Å². The van der Waals surface area contributed by atoms with Gasteiger partial charge in [0.25, 0.3) is 5.91 Å². The van der Waals surface area contributed by atoms with Gasteiger partial charge in [-0.15, -0.1) is 11.8 Å². The van der Waals surface area contributed by atoms with E-state index in [4.69, 9.17) is 0 Å². The van der Waals surface area contributed by atoms with Crippen LogP contribution in [0.25, 0.3) is 0 Å². The second-order valence-electron chi connectivity index (χ2n) is 6.92. The number of hydrogen-bond donors (Lipinski definition) is 2. The summed E-state index contributed by atoms with van der Waals surface area (Å²) in [6.45, 7) is 5.69. The van der Waals surface area contributed by atoms with Crippen molar-refractivity contribution in [2.45, 2.75) is 30.9 Å². The molecule has 2 aromatic carbocycles. The summed E-state index contributed by atoms with van der Waals surface area (Å²) in [6, 6.07) is 10.9. The molecule has 0 spiro atoms. The van der Waals surface area contributed by atoms with Crippen LogP contribution in [-0.4, -0.2) is 41.5 Å². The standard InChI is InChI=1S/C21H23N3O3S/c1-12-6-5-7-16(13(12)2)22-19(25)11-24(4)21(27)15-8-9-18-17(10-15)23-20(26)14(3)28-18/h5-10,14H,11H2,1-4H3,(H,22,25)(H,23,26)/t14-/m1/s1. The number of nitrogens with zero attached hydrogens (tertiary/aromatic N) is 1. The van der Waals surface area contributed by atoms with Gasteiger partial charge in [0, 0.05) is 23.2 Å². The molecule has 0 radical (unpaired) electrons. The van der Waals surface area contributed by atoms with Crippen LogP contribution in [0.3, 0.4) is 0 Å². The summed E-state index contributed by atoms with van der Waals surface area (Å²) in [7, 11) is 1.58. The van der Waals surface area contributed by atoms with Gasteiger partial charge in [-0.1, -0.05) is 12.1 Å². The van der Waals surface area contributed by atoms with Crippen LogP contribution < -0.4 is 10.6 Å². The van der Waals surface area contributed by atoms with Gasteiger partial charge in [0.05, 0.1) is 17.5 Å². The lowest BCUT2D eigenvalue weighted by atomic mass is 10.1. The molecule has 1 aliphatic rings. The van der Waals surface area contributed by atoms with Gasteiger partial charge >= 0.3 is 0 Å². The summed E-state index contributed by atoms with van der Waals surface area (Å²) < 4.78 is 0. The van der Waals surface area contributed by atoms with E-state index in [-0.39, 0.29) is 29.5 Å². The molecule has 3 amide bonds. The molecule has 2 N–H and O–H groups in total. The van der Waals surface area contributed by atoms with E-state index in [2.05, 4.69) is 10.6 Å². The van der Waals surface area contributed by atoms with Gasteiger partial charge in [-0.2, -0.15) is 0 Å². The zero-order valence-corrected chi connectivity index (χ0v) is 17.1. The van der Waals surface area contributed by atoms with Crippen LogP contribution in [0.5, 0.6) is 0 Å². The van der Waals surface area contributed by atoms with Gasteiger partial charge in [-0.3, -0.25) is 14.4 Å². The van der Waals surface area contributed by atoms with Crippen LogP contribution in [0.2, 0.25) is 0 Å². The maximum atomic E-state index is 12.7. The fourth-order valence-corrected chi connectivity index (χ4v) is 3.86. The Labute approximate surface area is 168 Å². The molecule has 7 heteroatoms. The third kappa shape index (κ3) is 4.20. The number of hydrogen-bond acceptors (Lipinski definition) is 4. The van der Waals surface area contributed by atoms with Crippen molar-refractivity contribution in [1.29, 1.82) is 0 Å². The molecule has 1 aliphatic heterocycles. The predicted octanol–water partition coefficient (Wildman–Crippen LogP) is 3.45. The Balaban J connectivity index is 1.67. The molecule has 146 valence electrons. The Kier molecular flexibility index (Phi) is 5.74. The largest absolute Gasteiger partial charge is 0.332 e. The van der Waals surface area contributed by atoms with E-state index in [1.807, 2.05) is 45.0 Å². The summed E-state index contributed by atoms with van der Waals surface area (Å²) in [6.07, 6.45) is 0. The molecule has 0 saturated heterocycles. The quantitative estimate of drug-likeness (QED) is 0.828. The van der Waals surface area contributed by atoms with E-state index in [9.17, 15) is 14.4 Å². The van der Waals surface area contributed by atoms with Crippen LogP contribution in [0.15, 0.2) is 41.3 Å². The van der Waals surface area contributed by atoms with Crippen molar-refractivity contribution in [3.63, 3.8) is 0 Å². The second-order valence-corrected chi connectivity index (χ2v) is 8.30. The van der Waals surface area contributed by atoms with Gasteiger partial charge in [0.15, 0.2) is 0 Å². The predicted molar refractivity (Wildman–Crippen MR) is 112 cm³/mol. The lowest BCUT2D eigenvalue weighted by molar-refractivity contribution is -0.117. The van der Waals surface area contributed by atoms with Gasteiger partial charge in [-0.05, 0) is 56.2 Å². The molecule has 3 rings (SSSR count). The number of anilines is 2. The number of fused-ring (bicyclic) bond motifs is 1. The zero-order valence-electron chi connectivity index (χ0n) is 16.3. The smallest absolute Gasteiger partial charge is 0.254 e. The minimum atomic E-state index is -0.281. The SMILES string of the molecule is Cc1cccc(NC(=O)CN(C)C(=O)c2ccc3c(c2)NC(=O)[C@@H](C)S3)c1C. The first-order valence-corrected chi connectivity index (χ1v) is 9.87. The topological polar surface area (TPSA) is 78.5 Å². The molecule has 0 bridgehead atoms.